The Labute approximate surface area is 85.3 Å². The first-order valence-corrected chi connectivity index (χ1v) is 4.61. The van der Waals surface area contributed by atoms with E-state index in [-0.39, 0.29) is 5.82 Å². The van der Waals surface area contributed by atoms with Crippen molar-refractivity contribution in [1.82, 2.24) is 0 Å². The van der Waals surface area contributed by atoms with Crippen LogP contribution in [0.5, 0.6) is 5.75 Å². The molecular formula is C10H10BrFO. The highest BCUT2D eigenvalue weighted by Crippen LogP contribution is 2.16. The molecule has 3 heteroatoms. The van der Waals surface area contributed by atoms with Crippen molar-refractivity contribution < 1.29 is 9.13 Å². The molecule has 13 heavy (non-hydrogen) atoms. The van der Waals surface area contributed by atoms with Crippen molar-refractivity contribution in [3.63, 3.8) is 0 Å². The first kappa shape index (κ1) is 10.3. The predicted octanol–water partition coefficient (Wildman–Crippen LogP) is 3.42. The van der Waals surface area contributed by atoms with Crippen LogP contribution < -0.4 is 4.74 Å². The van der Waals surface area contributed by atoms with Crippen molar-refractivity contribution >= 4 is 15.9 Å². The molecule has 1 aromatic rings. The van der Waals surface area contributed by atoms with Crippen LogP contribution in [-0.2, 0) is 0 Å². The van der Waals surface area contributed by atoms with E-state index in [1.807, 2.05) is 0 Å². The quantitative estimate of drug-likeness (QED) is 0.792. The van der Waals surface area contributed by atoms with E-state index in [9.17, 15) is 4.39 Å². The molecule has 0 amide bonds. The highest BCUT2D eigenvalue weighted by molar-refractivity contribution is 9.11. The second-order valence-corrected chi connectivity index (χ2v) is 3.84. The van der Waals surface area contributed by atoms with Crippen molar-refractivity contribution in [3.05, 3.63) is 40.6 Å². The number of aryl methyl sites for hydroxylation is 1. The summed E-state index contributed by atoms with van der Waals surface area (Å²) in [5, 5.41) is 0. The Hall–Kier alpha value is -0.830. The van der Waals surface area contributed by atoms with Gasteiger partial charge in [-0.15, -0.1) is 0 Å². The van der Waals surface area contributed by atoms with Gasteiger partial charge in [-0.2, -0.15) is 0 Å². The van der Waals surface area contributed by atoms with E-state index in [1.54, 1.807) is 19.1 Å². The van der Waals surface area contributed by atoms with Crippen LogP contribution in [-0.4, -0.2) is 6.61 Å². The minimum absolute atomic E-state index is 0.252. The number of rotatable bonds is 3. The highest BCUT2D eigenvalue weighted by Gasteiger charge is 1.99. The van der Waals surface area contributed by atoms with Gasteiger partial charge in [0.05, 0.1) is 0 Å². The minimum Gasteiger partial charge on any atom is -0.488 e. The van der Waals surface area contributed by atoms with Gasteiger partial charge in [0.25, 0.3) is 0 Å². The Morgan fingerprint density at radius 1 is 1.62 bits per heavy atom. The Bertz CT molecular complexity index is 323. The van der Waals surface area contributed by atoms with Crippen LogP contribution in [0.2, 0.25) is 0 Å². The summed E-state index contributed by atoms with van der Waals surface area (Å²) in [6.07, 6.45) is 0. The zero-order valence-corrected chi connectivity index (χ0v) is 8.90. The lowest BCUT2D eigenvalue weighted by Crippen LogP contribution is -1.96. The second-order valence-electron chi connectivity index (χ2n) is 2.72. The number of ether oxygens (including phenoxy) is 1. The van der Waals surface area contributed by atoms with Gasteiger partial charge in [-0.3, -0.25) is 0 Å². The van der Waals surface area contributed by atoms with E-state index in [0.29, 0.717) is 17.9 Å². The second kappa shape index (κ2) is 4.42. The average Bonchev–Trinajstić information content (AvgIpc) is 2.07. The molecule has 0 aromatic heterocycles. The molecule has 0 aliphatic heterocycles. The monoisotopic (exact) mass is 244 g/mol. The van der Waals surface area contributed by atoms with Crippen molar-refractivity contribution in [2.45, 2.75) is 6.92 Å². The smallest absolute Gasteiger partial charge is 0.129 e. The fourth-order valence-electron chi connectivity index (χ4n) is 0.825. The lowest BCUT2D eigenvalue weighted by atomic mass is 10.2. The molecule has 0 spiro atoms. The molecule has 0 saturated heterocycles. The fraction of sp³-hybridized carbons (Fsp3) is 0.200. The zero-order chi connectivity index (χ0) is 9.84. The number of halogens is 2. The molecule has 1 nitrogen and oxygen atoms in total. The summed E-state index contributed by atoms with van der Waals surface area (Å²) in [5.41, 5.74) is 0.616. The molecule has 0 N–H and O–H groups in total. The number of hydrogen-bond donors (Lipinski definition) is 0. The van der Waals surface area contributed by atoms with Crippen molar-refractivity contribution in [2.24, 2.45) is 0 Å². The normalized spacial score (nSPS) is 9.77. The molecule has 1 aromatic carbocycles. The Morgan fingerprint density at radius 2 is 2.31 bits per heavy atom. The van der Waals surface area contributed by atoms with Crippen LogP contribution in [0.25, 0.3) is 0 Å². The van der Waals surface area contributed by atoms with Crippen LogP contribution >= 0.6 is 15.9 Å². The third-order valence-corrected chi connectivity index (χ3v) is 1.77. The molecule has 0 fully saturated rings. The van der Waals surface area contributed by atoms with E-state index in [2.05, 4.69) is 22.5 Å². The third kappa shape index (κ3) is 3.19. The van der Waals surface area contributed by atoms with Crippen LogP contribution in [0, 0.1) is 12.7 Å². The summed E-state index contributed by atoms with van der Waals surface area (Å²) in [7, 11) is 0. The van der Waals surface area contributed by atoms with Crippen LogP contribution in [0.1, 0.15) is 5.56 Å². The van der Waals surface area contributed by atoms with Gasteiger partial charge >= 0.3 is 0 Å². The topological polar surface area (TPSA) is 9.23 Å². The van der Waals surface area contributed by atoms with Gasteiger partial charge in [-0.25, -0.2) is 4.39 Å². The predicted molar refractivity (Wildman–Crippen MR) is 54.7 cm³/mol. The van der Waals surface area contributed by atoms with Crippen LogP contribution in [0.3, 0.4) is 0 Å². The molecule has 0 radical (unpaired) electrons. The Balaban J connectivity index is 2.68. The van der Waals surface area contributed by atoms with Gasteiger partial charge in [-0.1, -0.05) is 28.6 Å². The fourth-order valence-corrected chi connectivity index (χ4v) is 0.939. The van der Waals surface area contributed by atoms with Gasteiger partial charge in [0.2, 0.25) is 0 Å². The lowest BCUT2D eigenvalue weighted by molar-refractivity contribution is 0.358. The van der Waals surface area contributed by atoms with Gasteiger partial charge in [-0.05, 0) is 18.6 Å². The minimum atomic E-state index is -0.252. The van der Waals surface area contributed by atoms with Gasteiger partial charge < -0.3 is 4.74 Å². The van der Waals surface area contributed by atoms with Crippen LogP contribution in [0.15, 0.2) is 29.3 Å². The number of benzene rings is 1. The average molecular weight is 245 g/mol. The molecule has 0 atom stereocenters. The summed E-state index contributed by atoms with van der Waals surface area (Å²) in [4.78, 5) is 0. The summed E-state index contributed by atoms with van der Waals surface area (Å²) in [6.45, 7) is 5.67. The Kier molecular flexibility index (Phi) is 3.48. The first-order chi connectivity index (χ1) is 6.09. The largest absolute Gasteiger partial charge is 0.488 e. The first-order valence-electron chi connectivity index (χ1n) is 3.82. The van der Waals surface area contributed by atoms with Gasteiger partial charge in [0.1, 0.15) is 18.2 Å². The SMILES string of the molecule is C=C(Br)COc1ccc(C)c(F)c1. The summed E-state index contributed by atoms with van der Waals surface area (Å²) >= 11 is 3.15. The van der Waals surface area contributed by atoms with Gasteiger partial charge in [0, 0.05) is 10.5 Å². The van der Waals surface area contributed by atoms with E-state index in [0.717, 1.165) is 4.48 Å². The standard InChI is InChI=1S/C10H10BrFO/c1-7-3-4-9(5-10(7)12)13-6-8(2)11/h3-5H,2,6H2,1H3. The van der Waals surface area contributed by atoms with E-state index < -0.39 is 0 Å². The van der Waals surface area contributed by atoms with E-state index in [1.165, 1.54) is 6.07 Å². The molecule has 0 aliphatic carbocycles. The molecule has 0 heterocycles. The molecule has 0 unspecified atom stereocenters. The highest BCUT2D eigenvalue weighted by atomic mass is 79.9. The summed E-state index contributed by atoms with van der Waals surface area (Å²) < 4.78 is 18.9. The molecule has 0 saturated carbocycles. The molecular weight excluding hydrogens is 235 g/mol. The maximum Gasteiger partial charge on any atom is 0.129 e. The summed E-state index contributed by atoms with van der Waals surface area (Å²) in [6, 6.07) is 4.78. The van der Waals surface area contributed by atoms with Crippen molar-refractivity contribution in [1.29, 1.82) is 0 Å². The zero-order valence-electron chi connectivity index (χ0n) is 7.31. The van der Waals surface area contributed by atoms with Gasteiger partial charge in [0.15, 0.2) is 0 Å². The van der Waals surface area contributed by atoms with E-state index >= 15 is 0 Å². The maximum atomic E-state index is 13.0. The summed E-state index contributed by atoms with van der Waals surface area (Å²) in [5.74, 6) is 0.265. The Morgan fingerprint density at radius 3 is 2.85 bits per heavy atom. The number of hydrogen-bond acceptors (Lipinski definition) is 1. The molecule has 1 rings (SSSR count). The molecule has 0 aliphatic rings. The lowest BCUT2D eigenvalue weighted by Gasteiger charge is -2.05. The maximum absolute atomic E-state index is 13.0. The van der Waals surface area contributed by atoms with Crippen LogP contribution in [0.4, 0.5) is 4.39 Å². The van der Waals surface area contributed by atoms with Crippen molar-refractivity contribution in [3.8, 4) is 5.75 Å². The van der Waals surface area contributed by atoms with Crippen molar-refractivity contribution in [2.75, 3.05) is 6.61 Å². The third-order valence-electron chi connectivity index (χ3n) is 1.54. The molecule has 70 valence electrons. The van der Waals surface area contributed by atoms with E-state index in [4.69, 9.17) is 4.74 Å². The molecule has 0 bridgehead atoms.